The van der Waals surface area contributed by atoms with E-state index >= 15 is 0 Å². The zero-order valence-corrected chi connectivity index (χ0v) is 22.7. The van der Waals surface area contributed by atoms with Crippen LogP contribution in [0, 0.1) is 0 Å². The van der Waals surface area contributed by atoms with Gasteiger partial charge in [0.05, 0.1) is 11.0 Å². The molecule has 190 valence electrons. The Labute approximate surface area is 235 Å². The molecule has 0 saturated heterocycles. The first kappa shape index (κ1) is 23.0. The maximum Gasteiger partial charge on any atom is 0.0588 e. The topological polar surface area (TPSA) is 4.93 Å². The van der Waals surface area contributed by atoms with Crippen molar-refractivity contribution in [2.45, 2.75) is 19.3 Å². The Morgan fingerprint density at radius 3 is 1.77 bits per heavy atom. The van der Waals surface area contributed by atoms with Gasteiger partial charge in [-0.1, -0.05) is 129 Å². The highest BCUT2D eigenvalue weighted by atomic mass is 15.0. The van der Waals surface area contributed by atoms with Gasteiger partial charge >= 0.3 is 0 Å². The molecule has 0 radical (unpaired) electrons. The van der Waals surface area contributed by atoms with Crippen molar-refractivity contribution in [3.05, 3.63) is 151 Å². The average molecular weight is 512 g/mol. The second-order valence-corrected chi connectivity index (χ2v) is 11.4. The Bertz CT molecular complexity index is 2000. The summed E-state index contributed by atoms with van der Waals surface area (Å²) in [5.41, 5.74) is 14.0. The fraction of sp³-hybridized carbons (Fsp3) is 0.0769. The number of para-hydroxylation sites is 1. The smallest absolute Gasteiger partial charge is 0.0588 e. The van der Waals surface area contributed by atoms with Crippen LogP contribution in [-0.2, 0) is 5.41 Å². The van der Waals surface area contributed by atoms with Crippen LogP contribution in [0.25, 0.3) is 60.9 Å². The summed E-state index contributed by atoms with van der Waals surface area (Å²) in [6, 6.07) is 51.0. The third kappa shape index (κ3) is 3.28. The molecule has 40 heavy (non-hydrogen) atoms. The number of hydrogen-bond donors (Lipinski definition) is 0. The Hall–Kier alpha value is -4.88. The second kappa shape index (κ2) is 8.56. The number of rotatable bonds is 3. The molecule has 0 N–H and O–H groups in total. The minimum atomic E-state index is -0.114. The van der Waals surface area contributed by atoms with Gasteiger partial charge in [0.15, 0.2) is 0 Å². The van der Waals surface area contributed by atoms with Crippen LogP contribution >= 0.6 is 0 Å². The lowest BCUT2D eigenvalue weighted by molar-refractivity contribution is 0.664. The summed E-state index contributed by atoms with van der Waals surface area (Å²) in [6.45, 7) is 4.77. The summed E-state index contributed by atoms with van der Waals surface area (Å²) >= 11 is 0. The van der Waals surface area contributed by atoms with E-state index in [1.807, 2.05) is 0 Å². The van der Waals surface area contributed by atoms with E-state index in [9.17, 15) is 0 Å². The maximum atomic E-state index is 2.52. The van der Waals surface area contributed by atoms with Crippen LogP contribution < -0.4 is 0 Å². The van der Waals surface area contributed by atoms with Gasteiger partial charge in [-0.15, -0.1) is 0 Å². The van der Waals surface area contributed by atoms with Gasteiger partial charge < -0.3 is 4.57 Å². The average Bonchev–Trinajstić information content (AvgIpc) is 3.47. The summed E-state index contributed by atoms with van der Waals surface area (Å²) in [5.74, 6) is 0. The molecule has 0 amide bonds. The SMILES string of the molecule is CC1(C)c2ccccc2-c2ccc3c4ccccc4n(-c4cc(-c5ccccc5)cc(-c5ccccc5)c4)c3c21. The standard InChI is InChI=1S/C39H29N/c1-39(2)35-19-11-9-17-31(35)33-21-22-34-32-18-10-12-20-36(32)40(38(34)37(33)39)30-24-28(26-13-5-3-6-14-26)23-29(25-30)27-15-7-4-8-16-27/h3-25H,1-2H3. The molecule has 0 unspecified atom stereocenters. The Balaban J connectivity index is 1.51. The van der Waals surface area contributed by atoms with Crippen molar-refractivity contribution in [3.8, 4) is 39.1 Å². The quantitative estimate of drug-likeness (QED) is 0.222. The van der Waals surface area contributed by atoms with Crippen molar-refractivity contribution in [3.63, 3.8) is 0 Å². The number of nitrogens with zero attached hydrogens (tertiary/aromatic N) is 1. The zero-order valence-electron chi connectivity index (χ0n) is 22.7. The molecule has 0 atom stereocenters. The molecule has 0 aliphatic heterocycles. The van der Waals surface area contributed by atoms with Gasteiger partial charge in [0.25, 0.3) is 0 Å². The number of fused-ring (bicyclic) bond motifs is 7. The monoisotopic (exact) mass is 511 g/mol. The molecular formula is C39H29N. The summed E-state index contributed by atoms with van der Waals surface area (Å²) in [4.78, 5) is 0. The molecule has 0 spiro atoms. The molecular weight excluding hydrogens is 482 g/mol. The normalized spacial score (nSPS) is 13.4. The summed E-state index contributed by atoms with van der Waals surface area (Å²) in [5, 5.41) is 2.60. The minimum absolute atomic E-state index is 0.114. The first-order valence-electron chi connectivity index (χ1n) is 14.0. The summed E-state index contributed by atoms with van der Waals surface area (Å²) in [7, 11) is 0. The highest BCUT2D eigenvalue weighted by Crippen LogP contribution is 2.53. The van der Waals surface area contributed by atoms with Gasteiger partial charge in [-0.3, -0.25) is 0 Å². The van der Waals surface area contributed by atoms with E-state index < -0.39 is 0 Å². The highest BCUT2D eigenvalue weighted by Gasteiger charge is 2.38. The van der Waals surface area contributed by atoms with Crippen LogP contribution in [-0.4, -0.2) is 4.57 Å². The predicted octanol–water partition coefficient (Wildman–Crippen LogP) is 10.4. The minimum Gasteiger partial charge on any atom is -0.309 e. The number of hydrogen-bond acceptors (Lipinski definition) is 0. The molecule has 1 nitrogen and oxygen atoms in total. The largest absolute Gasteiger partial charge is 0.309 e. The van der Waals surface area contributed by atoms with Crippen LogP contribution in [0.2, 0.25) is 0 Å². The fourth-order valence-electron chi connectivity index (χ4n) is 6.92. The number of aromatic nitrogens is 1. The predicted molar refractivity (Wildman–Crippen MR) is 169 cm³/mol. The van der Waals surface area contributed by atoms with Gasteiger partial charge in [0.1, 0.15) is 0 Å². The fourth-order valence-corrected chi connectivity index (χ4v) is 6.92. The van der Waals surface area contributed by atoms with Crippen molar-refractivity contribution in [2.75, 3.05) is 0 Å². The van der Waals surface area contributed by atoms with E-state index in [0.29, 0.717) is 0 Å². The van der Waals surface area contributed by atoms with E-state index in [0.717, 1.165) is 0 Å². The zero-order chi connectivity index (χ0) is 26.8. The maximum absolute atomic E-state index is 2.52. The highest BCUT2D eigenvalue weighted by molar-refractivity contribution is 6.13. The molecule has 1 heterocycles. The van der Waals surface area contributed by atoms with E-state index in [1.165, 1.54) is 72.0 Å². The van der Waals surface area contributed by atoms with E-state index in [4.69, 9.17) is 0 Å². The second-order valence-electron chi connectivity index (χ2n) is 11.4. The summed E-state index contributed by atoms with van der Waals surface area (Å²) in [6.07, 6.45) is 0. The lowest BCUT2D eigenvalue weighted by atomic mass is 9.81. The first-order chi connectivity index (χ1) is 19.6. The van der Waals surface area contributed by atoms with E-state index in [2.05, 4.69) is 158 Å². The van der Waals surface area contributed by atoms with Gasteiger partial charge in [0, 0.05) is 21.9 Å². The molecule has 1 heteroatoms. The van der Waals surface area contributed by atoms with E-state index in [-0.39, 0.29) is 5.41 Å². The first-order valence-corrected chi connectivity index (χ1v) is 14.0. The Morgan fingerprint density at radius 1 is 0.475 bits per heavy atom. The van der Waals surface area contributed by atoms with Crippen molar-refractivity contribution >= 4 is 21.8 Å². The molecule has 8 rings (SSSR count). The number of benzene rings is 6. The van der Waals surface area contributed by atoms with Crippen LogP contribution in [0.15, 0.2) is 140 Å². The van der Waals surface area contributed by atoms with Gasteiger partial charge in [0.2, 0.25) is 0 Å². The third-order valence-electron chi connectivity index (χ3n) is 8.74. The molecule has 7 aromatic rings. The van der Waals surface area contributed by atoms with Crippen molar-refractivity contribution in [2.24, 2.45) is 0 Å². The van der Waals surface area contributed by atoms with Crippen molar-refractivity contribution in [1.82, 2.24) is 4.57 Å². The molecule has 0 saturated carbocycles. The van der Waals surface area contributed by atoms with E-state index in [1.54, 1.807) is 0 Å². The van der Waals surface area contributed by atoms with Crippen molar-refractivity contribution in [1.29, 1.82) is 0 Å². The van der Waals surface area contributed by atoms with Crippen LogP contribution in [0.5, 0.6) is 0 Å². The molecule has 1 aromatic heterocycles. The third-order valence-corrected chi connectivity index (χ3v) is 8.74. The molecule has 1 aliphatic rings. The van der Waals surface area contributed by atoms with Crippen molar-refractivity contribution < 1.29 is 0 Å². The van der Waals surface area contributed by atoms with Gasteiger partial charge in [-0.25, -0.2) is 0 Å². The lowest BCUT2D eigenvalue weighted by Crippen LogP contribution is -2.16. The lowest BCUT2D eigenvalue weighted by Gasteiger charge is -2.24. The molecule has 6 aromatic carbocycles. The van der Waals surface area contributed by atoms with Crippen LogP contribution in [0.1, 0.15) is 25.0 Å². The molecule has 1 aliphatic carbocycles. The van der Waals surface area contributed by atoms with Crippen LogP contribution in [0.4, 0.5) is 0 Å². The van der Waals surface area contributed by atoms with Gasteiger partial charge in [-0.2, -0.15) is 0 Å². The Kier molecular flexibility index (Phi) is 4.93. The summed E-state index contributed by atoms with van der Waals surface area (Å²) < 4.78 is 2.52. The van der Waals surface area contributed by atoms with Crippen LogP contribution in [0.3, 0.4) is 0 Å². The Morgan fingerprint density at radius 2 is 1.07 bits per heavy atom. The van der Waals surface area contributed by atoms with Gasteiger partial charge in [-0.05, 0) is 68.8 Å². The molecule has 0 bridgehead atoms. The molecule has 0 fully saturated rings.